The van der Waals surface area contributed by atoms with Crippen molar-refractivity contribution in [3.05, 3.63) is 78.6 Å². The van der Waals surface area contributed by atoms with Crippen molar-refractivity contribution in [2.24, 2.45) is 0 Å². The standard InChI is InChI=1S/C18H18F3N7O2.C10H12N4O.C8H7ClF3N3O/c1-10-7-28(9-24-10)11-5-22-15(4-12(11)29-3)25-17-23-6-13-16(26-17)27(2)14(8-30-13)18(19,20)21;1-7-5-14(6-13-7)8-4-12-10(11)3-9(8)15-2;1-15-5(8(10,11)12)3-16-4-2-13-7(9)14-6(4)15/h4-7,9,14H,8H2,1-3H3,(H,22,23,25,26);3-6H,1-2H3,(H2,11,12);2,5H,3H2,1H3. The lowest BCUT2D eigenvalue weighted by atomic mass is 10.2. The van der Waals surface area contributed by atoms with E-state index in [4.69, 9.17) is 36.3 Å². The number of aromatic nitrogens is 10. The Bertz CT molecular complexity index is 2470. The van der Waals surface area contributed by atoms with E-state index in [1.54, 1.807) is 48.9 Å². The van der Waals surface area contributed by atoms with Crippen LogP contribution in [-0.4, -0.2) is 115 Å². The highest BCUT2D eigenvalue weighted by Gasteiger charge is 2.47. The molecule has 2 aliphatic rings. The number of anilines is 5. The molecule has 0 spiro atoms. The average molecular weight is 879 g/mol. The van der Waals surface area contributed by atoms with Crippen LogP contribution in [0.25, 0.3) is 11.4 Å². The molecule has 0 saturated heterocycles. The summed E-state index contributed by atoms with van der Waals surface area (Å²) in [5.41, 5.74) is 8.85. The van der Waals surface area contributed by atoms with Gasteiger partial charge in [0.05, 0.1) is 63.0 Å². The number of alkyl halides is 6. The van der Waals surface area contributed by atoms with Crippen LogP contribution in [0.4, 0.5) is 55.6 Å². The highest BCUT2D eigenvalue weighted by atomic mass is 35.5. The first-order valence-electron chi connectivity index (χ1n) is 17.7. The van der Waals surface area contributed by atoms with Crippen LogP contribution >= 0.6 is 11.6 Å². The molecule has 6 aromatic rings. The fraction of sp³-hybridized carbons (Fsp3) is 0.333. The summed E-state index contributed by atoms with van der Waals surface area (Å²) >= 11 is 5.52. The van der Waals surface area contributed by atoms with E-state index in [0.717, 1.165) is 26.9 Å². The Kier molecular flexibility index (Phi) is 12.7. The summed E-state index contributed by atoms with van der Waals surface area (Å²) < 4.78 is 102. The van der Waals surface area contributed by atoms with E-state index >= 15 is 0 Å². The van der Waals surface area contributed by atoms with E-state index in [9.17, 15) is 26.3 Å². The van der Waals surface area contributed by atoms with Crippen LogP contribution in [0.2, 0.25) is 5.28 Å². The molecule has 2 atom stereocenters. The Morgan fingerprint density at radius 3 is 1.69 bits per heavy atom. The van der Waals surface area contributed by atoms with Gasteiger partial charge in [-0.05, 0) is 25.4 Å². The number of nitrogens with zero attached hydrogens (tertiary/aromatic N) is 12. The summed E-state index contributed by atoms with van der Waals surface area (Å²) in [6.45, 7) is 2.80. The van der Waals surface area contributed by atoms with Gasteiger partial charge in [-0.1, -0.05) is 0 Å². The second kappa shape index (κ2) is 17.8. The summed E-state index contributed by atoms with van der Waals surface area (Å²) in [6.07, 6.45) is 4.09. The van der Waals surface area contributed by atoms with Gasteiger partial charge in [0.2, 0.25) is 11.2 Å². The fourth-order valence-corrected chi connectivity index (χ4v) is 5.96. The Morgan fingerprint density at radius 1 is 0.705 bits per heavy atom. The zero-order valence-corrected chi connectivity index (χ0v) is 33.8. The van der Waals surface area contributed by atoms with E-state index in [2.05, 4.69) is 45.2 Å². The number of likely N-dealkylation sites (N-methyl/N-ethyl adjacent to an activating group) is 2. The Morgan fingerprint density at radius 2 is 1.20 bits per heavy atom. The zero-order valence-electron chi connectivity index (χ0n) is 33.1. The highest BCUT2D eigenvalue weighted by Crippen LogP contribution is 2.38. The molecule has 18 nitrogen and oxygen atoms in total. The molecule has 3 N–H and O–H groups in total. The smallest absolute Gasteiger partial charge is 0.412 e. The molecule has 324 valence electrons. The minimum absolute atomic E-state index is 0.0403. The van der Waals surface area contributed by atoms with Crippen molar-refractivity contribution in [1.82, 2.24) is 49.0 Å². The van der Waals surface area contributed by atoms with Crippen LogP contribution < -0.4 is 39.8 Å². The quantitative estimate of drug-likeness (QED) is 0.147. The largest absolute Gasteiger partial charge is 0.494 e. The van der Waals surface area contributed by atoms with Crippen molar-refractivity contribution in [2.75, 3.05) is 62.4 Å². The van der Waals surface area contributed by atoms with E-state index in [0.29, 0.717) is 28.8 Å². The molecule has 2 aliphatic heterocycles. The molecule has 0 fully saturated rings. The van der Waals surface area contributed by atoms with Gasteiger partial charge in [-0.3, -0.25) is 0 Å². The molecule has 0 saturated carbocycles. The number of fused-ring (bicyclic) bond motifs is 2. The molecule has 8 heterocycles. The summed E-state index contributed by atoms with van der Waals surface area (Å²) in [5, 5.41) is 2.77. The minimum Gasteiger partial charge on any atom is -0.494 e. The third kappa shape index (κ3) is 10.1. The summed E-state index contributed by atoms with van der Waals surface area (Å²) in [4.78, 5) is 34.3. The van der Waals surface area contributed by atoms with Gasteiger partial charge in [0.25, 0.3) is 0 Å². The summed E-state index contributed by atoms with van der Waals surface area (Å²) in [6, 6.07) is -0.188. The second-order valence-corrected chi connectivity index (χ2v) is 13.5. The van der Waals surface area contributed by atoms with Crippen LogP contribution in [-0.2, 0) is 0 Å². The highest BCUT2D eigenvalue weighted by molar-refractivity contribution is 6.28. The van der Waals surface area contributed by atoms with Crippen LogP contribution in [0.1, 0.15) is 11.4 Å². The number of halogens is 7. The predicted molar refractivity (Wildman–Crippen MR) is 210 cm³/mol. The maximum absolute atomic E-state index is 13.2. The fourth-order valence-electron chi connectivity index (χ4n) is 5.83. The summed E-state index contributed by atoms with van der Waals surface area (Å²) in [7, 11) is 5.73. The number of rotatable bonds is 6. The van der Waals surface area contributed by atoms with Crippen molar-refractivity contribution in [1.29, 1.82) is 0 Å². The Balaban J connectivity index is 0.000000169. The normalized spacial score (nSPS) is 15.8. The van der Waals surface area contributed by atoms with Crippen molar-refractivity contribution < 1.29 is 45.3 Å². The van der Waals surface area contributed by atoms with Crippen LogP contribution in [0.15, 0.2) is 62.0 Å². The first-order chi connectivity index (χ1) is 28.9. The monoisotopic (exact) mass is 878 g/mol. The van der Waals surface area contributed by atoms with Gasteiger partial charge in [-0.15, -0.1) is 0 Å². The number of ether oxygens (including phenoxy) is 4. The molecule has 6 aromatic heterocycles. The zero-order chi connectivity index (χ0) is 44.2. The number of hydrogen-bond acceptors (Lipinski definition) is 16. The predicted octanol–water partition coefficient (Wildman–Crippen LogP) is 5.93. The van der Waals surface area contributed by atoms with Gasteiger partial charge in [0.1, 0.15) is 47.7 Å². The van der Waals surface area contributed by atoms with Crippen LogP contribution in [0.5, 0.6) is 23.0 Å². The third-order valence-corrected chi connectivity index (χ3v) is 9.15. The molecule has 0 bridgehead atoms. The maximum atomic E-state index is 13.2. The molecule has 0 aliphatic carbocycles. The van der Waals surface area contributed by atoms with Crippen molar-refractivity contribution in [3.8, 4) is 34.4 Å². The number of nitrogens with two attached hydrogens (primary N) is 1. The molecule has 25 heteroatoms. The topological polar surface area (TPSA) is 194 Å². The van der Waals surface area contributed by atoms with Crippen LogP contribution in [0.3, 0.4) is 0 Å². The van der Waals surface area contributed by atoms with E-state index in [1.807, 2.05) is 30.8 Å². The lowest BCUT2D eigenvalue weighted by Crippen LogP contribution is -2.50. The average Bonchev–Trinajstić information content (AvgIpc) is 3.85. The lowest BCUT2D eigenvalue weighted by molar-refractivity contribution is -0.156. The number of imidazole rings is 2. The van der Waals surface area contributed by atoms with E-state index in [1.165, 1.54) is 33.6 Å². The van der Waals surface area contributed by atoms with E-state index in [-0.39, 0.29) is 34.4 Å². The SMILES string of the molecule is CN1c2nc(Cl)ncc2OCC1C(F)(F)F.COc1cc(N)ncc1-n1cnc(C)c1.COc1cc(Nc2ncc3c(n2)N(C)C(C(F)(F)F)CO3)ncc1-n1cnc(C)c1. The lowest BCUT2D eigenvalue weighted by Gasteiger charge is -2.35. The molecule has 61 heavy (non-hydrogen) atoms. The van der Waals surface area contributed by atoms with Gasteiger partial charge >= 0.3 is 12.4 Å². The third-order valence-electron chi connectivity index (χ3n) is 8.97. The maximum Gasteiger partial charge on any atom is 0.412 e. The van der Waals surface area contributed by atoms with Crippen LogP contribution in [0, 0.1) is 13.8 Å². The van der Waals surface area contributed by atoms with Gasteiger partial charge in [0.15, 0.2) is 35.2 Å². The minimum atomic E-state index is -4.44. The van der Waals surface area contributed by atoms with Gasteiger partial charge in [-0.2, -0.15) is 36.3 Å². The number of pyridine rings is 2. The Hall–Kier alpha value is -6.85. The molecule has 0 radical (unpaired) electrons. The molecule has 0 aromatic carbocycles. The molecule has 8 rings (SSSR count). The number of hydrogen-bond donors (Lipinski definition) is 2. The second-order valence-electron chi connectivity index (χ2n) is 13.2. The van der Waals surface area contributed by atoms with Crippen molar-refractivity contribution >= 4 is 40.8 Å². The summed E-state index contributed by atoms with van der Waals surface area (Å²) in [5.74, 6) is 2.54. The number of nitrogens with one attached hydrogen (secondary N) is 1. The number of methoxy groups -OCH3 is 2. The first kappa shape index (κ1) is 43.7. The molecule has 2 unspecified atom stereocenters. The van der Waals surface area contributed by atoms with Crippen molar-refractivity contribution in [2.45, 2.75) is 38.3 Å². The number of aryl methyl sites for hydroxylation is 2. The van der Waals surface area contributed by atoms with Crippen molar-refractivity contribution in [3.63, 3.8) is 0 Å². The number of nitrogen functional groups attached to an aromatic ring is 1. The molecular weight excluding hydrogens is 842 g/mol. The molecular formula is C36H37ClF6N14O4. The van der Waals surface area contributed by atoms with Gasteiger partial charge < -0.3 is 48.9 Å². The first-order valence-corrected chi connectivity index (χ1v) is 18.1. The van der Waals surface area contributed by atoms with Gasteiger partial charge in [0, 0.05) is 38.6 Å². The van der Waals surface area contributed by atoms with Gasteiger partial charge in [-0.25, -0.2) is 29.9 Å². The molecule has 0 amide bonds. The Labute approximate surface area is 348 Å². The van der Waals surface area contributed by atoms with E-state index < -0.39 is 37.7 Å².